The van der Waals surface area contributed by atoms with E-state index < -0.39 is 17.4 Å². The Bertz CT molecular complexity index is 482. The Labute approximate surface area is 105 Å². The fourth-order valence-electron chi connectivity index (χ4n) is 2.01. The van der Waals surface area contributed by atoms with Crippen LogP contribution < -0.4 is 5.32 Å². The molecule has 2 N–H and O–H groups in total. The molecule has 2 heterocycles. The third-order valence-electron chi connectivity index (χ3n) is 3.43. The number of aryl methyl sites for hydroxylation is 1. The third-order valence-corrected chi connectivity index (χ3v) is 3.43. The first-order chi connectivity index (χ1) is 8.45. The molecule has 2 atom stereocenters. The normalized spacial score (nSPS) is 27.1. The number of carboxylic acids is 1. The average Bonchev–Trinajstić information content (AvgIpc) is 2.87. The average molecular weight is 252 g/mol. The van der Waals surface area contributed by atoms with Gasteiger partial charge in [0, 0.05) is 13.2 Å². The van der Waals surface area contributed by atoms with Crippen LogP contribution in [0.5, 0.6) is 0 Å². The lowest BCUT2D eigenvalue weighted by atomic mass is 9.85. The van der Waals surface area contributed by atoms with Gasteiger partial charge >= 0.3 is 5.97 Å². The number of aliphatic carboxylic acids is 1. The van der Waals surface area contributed by atoms with E-state index >= 15 is 0 Å². The Morgan fingerprint density at radius 1 is 1.61 bits per heavy atom. The minimum Gasteiger partial charge on any atom is -0.481 e. The molecule has 0 aromatic carbocycles. The van der Waals surface area contributed by atoms with Gasteiger partial charge < -0.3 is 19.7 Å². The van der Waals surface area contributed by atoms with Crippen molar-refractivity contribution in [3.8, 4) is 0 Å². The highest BCUT2D eigenvalue weighted by atomic mass is 16.5. The standard InChI is InChI=1S/C12H16N2O4/c1-12(11(16)17)7-18-6-9(12)13-10(15)8-4-3-5-14(8)2/h3-5,9H,6-7H2,1-2H3,(H,13,15)(H,16,17). The number of carboxylic acid groups (broad SMARTS) is 1. The fraction of sp³-hybridized carbons (Fsp3) is 0.500. The van der Waals surface area contributed by atoms with Gasteiger partial charge in [-0.25, -0.2) is 0 Å². The molecule has 0 spiro atoms. The van der Waals surface area contributed by atoms with E-state index in [0.717, 1.165) is 0 Å². The number of rotatable bonds is 3. The van der Waals surface area contributed by atoms with E-state index in [-0.39, 0.29) is 19.1 Å². The second kappa shape index (κ2) is 4.45. The summed E-state index contributed by atoms with van der Waals surface area (Å²) in [5, 5.41) is 11.9. The summed E-state index contributed by atoms with van der Waals surface area (Å²) in [5.41, 5.74) is -0.574. The Hall–Kier alpha value is -1.82. The first kappa shape index (κ1) is 12.6. The van der Waals surface area contributed by atoms with Gasteiger partial charge in [0.15, 0.2) is 0 Å². The van der Waals surface area contributed by atoms with E-state index in [1.165, 1.54) is 0 Å². The number of aromatic nitrogens is 1. The number of carbonyl (C=O) groups excluding carboxylic acids is 1. The molecule has 1 aliphatic heterocycles. The van der Waals surface area contributed by atoms with E-state index in [4.69, 9.17) is 4.74 Å². The minimum absolute atomic E-state index is 0.112. The van der Waals surface area contributed by atoms with Crippen LogP contribution in [0.15, 0.2) is 18.3 Å². The molecule has 0 bridgehead atoms. The second-order valence-corrected chi connectivity index (χ2v) is 4.77. The number of hydrogen-bond acceptors (Lipinski definition) is 3. The molecular formula is C12H16N2O4. The van der Waals surface area contributed by atoms with Gasteiger partial charge in [-0.05, 0) is 19.1 Å². The first-order valence-corrected chi connectivity index (χ1v) is 5.68. The zero-order valence-corrected chi connectivity index (χ0v) is 10.3. The maximum absolute atomic E-state index is 12.0. The van der Waals surface area contributed by atoms with Gasteiger partial charge in [-0.1, -0.05) is 0 Å². The summed E-state index contributed by atoms with van der Waals surface area (Å²) in [6, 6.07) is 2.93. The van der Waals surface area contributed by atoms with Crippen LogP contribution in [0.25, 0.3) is 0 Å². The lowest BCUT2D eigenvalue weighted by Crippen LogP contribution is -2.49. The summed E-state index contributed by atoms with van der Waals surface area (Å²) in [5.74, 6) is -1.25. The Morgan fingerprint density at radius 3 is 2.89 bits per heavy atom. The summed E-state index contributed by atoms with van der Waals surface area (Å²) < 4.78 is 6.86. The lowest BCUT2D eigenvalue weighted by Gasteiger charge is -2.25. The molecule has 6 nitrogen and oxygen atoms in total. The van der Waals surface area contributed by atoms with E-state index in [1.54, 1.807) is 36.9 Å². The summed E-state index contributed by atoms with van der Waals surface area (Å²) in [6.45, 7) is 1.91. The highest BCUT2D eigenvalue weighted by Gasteiger charge is 2.47. The number of amides is 1. The van der Waals surface area contributed by atoms with Crippen LogP contribution in [0.3, 0.4) is 0 Å². The highest BCUT2D eigenvalue weighted by Crippen LogP contribution is 2.28. The van der Waals surface area contributed by atoms with E-state index in [9.17, 15) is 14.7 Å². The number of hydrogen-bond donors (Lipinski definition) is 2. The summed E-state index contributed by atoms with van der Waals surface area (Å²) in [6.07, 6.45) is 1.76. The van der Waals surface area contributed by atoms with Gasteiger partial charge in [0.1, 0.15) is 11.1 Å². The monoisotopic (exact) mass is 252 g/mol. The highest BCUT2D eigenvalue weighted by molar-refractivity contribution is 5.93. The molecule has 18 heavy (non-hydrogen) atoms. The van der Waals surface area contributed by atoms with Crippen molar-refractivity contribution in [1.29, 1.82) is 0 Å². The number of ether oxygens (including phenoxy) is 1. The van der Waals surface area contributed by atoms with Crippen molar-refractivity contribution in [2.24, 2.45) is 12.5 Å². The largest absolute Gasteiger partial charge is 0.481 e. The van der Waals surface area contributed by atoms with Gasteiger partial charge in [0.05, 0.1) is 19.3 Å². The molecule has 1 fully saturated rings. The Kier molecular flexibility index (Phi) is 3.13. The van der Waals surface area contributed by atoms with E-state index in [2.05, 4.69) is 5.32 Å². The van der Waals surface area contributed by atoms with Gasteiger partial charge in [-0.15, -0.1) is 0 Å². The summed E-state index contributed by atoms with van der Waals surface area (Å²) >= 11 is 0. The predicted molar refractivity (Wildman–Crippen MR) is 63.2 cm³/mol. The van der Waals surface area contributed by atoms with Crippen LogP contribution >= 0.6 is 0 Å². The van der Waals surface area contributed by atoms with Crippen molar-refractivity contribution >= 4 is 11.9 Å². The van der Waals surface area contributed by atoms with Crippen molar-refractivity contribution < 1.29 is 19.4 Å². The molecule has 1 saturated heterocycles. The molecule has 1 aromatic rings. The molecule has 0 saturated carbocycles. The predicted octanol–water partition coefficient (Wildman–Crippen LogP) is 0.245. The zero-order chi connectivity index (χ0) is 13.3. The maximum Gasteiger partial charge on any atom is 0.313 e. The van der Waals surface area contributed by atoms with Crippen molar-refractivity contribution in [2.45, 2.75) is 13.0 Å². The fourth-order valence-corrected chi connectivity index (χ4v) is 2.01. The van der Waals surface area contributed by atoms with Gasteiger partial charge in [0.25, 0.3) is 5.91 Å². The van der Waals surface area contributed by atoms with Crippen molar-refractivity contribution in [3.05, 3.63) is 24.0 Å². The molecular weight excluding hydrogens is 236 g/mol. The first-order valence-electron chi connectivity index (χ1n) is 5.68. The van der Waals surface area contributed by atoms with Crippen LogP contribution in [0.2, 0.25) is 0 Å². The second-order valence-electron chi connectivity index (χ2n) is 4.77. The zero-order valence-electron chi connectivity index (χ0n) is 10.3. The van der Waals surface area contributed by atoms with Gasteiger partial charge in [0.2, 0.25) is 0 Å². The van der Waals surface area contributed by atoms with Crippen molar-refractivity contribution in [2.75, 3.05) is 13.2 Å². The lowest BCUT2D eigenvalue weighted by molar-refractivity contribution is -0.148. The number of nitrogens with one attached hydrogen (secondary N) is 1. The Morgan fingerprint density at radius 2 is 2.33 bits per heavy atom. The summed E-state index contributed by atoms with van der Waals surface area (Å²) in [7, 11) is 1.76. The maximum atomic E-state index is 12.0. The molecule has 1 aliphatic rings. The van der Waals surface area contributed by atoms with Crippen LogP contribution in [0, 0.1) is 5.41 Å². The van der Waals surface area contributed by atoms with Gasteiger partial charge in [-0.3, -0.25) is 9.59 Å². The molecule has 1 aromatic heterocycles. The molecule has 6 heteroatoms. The van der Waals surface area contributed by atoms with Crippen LogP contribution in [0.1, 0.15) is 17.4 Å². The number of carbonyl (C=O) groups is 2. The topological polar surface area (TPSA) is 80.6 Å². The third kappa shape index (κ3) is 1.99. The molecule has 2 rings (SSSR count). The SMILES string of the molecule is Cn1cccc1C(=O)NC1COCC1(C)C(=O)O. The summed E-state index contributed by atoms with van der Waals surface area (Å²) in [4.78, 5) is 23.2. The molecule has 2 unspecified atom stereocenters. The van der Waals surface area contributed by atoms with E-state index in [1.807, 2.05) is 0 Å². The van der Waals surface area contributed by atoms with Crippen LogP contribution in [-0.2, 0) is 16.6 Å². The number of nitrogens with zero attached hydrogens (tertiary/aromatic N) is 1. The van der Waals surface area contributed by atoms with E-state index in [0.29, 0.717) is 5.69 Å². The quantitative estimate of drug-likeness (QED) is 0.807. The van der Waals surface area contributed by atoms with Gasteiger partial charge in [-0.2, -0.15) is 0 Å². The molecule has 98 valence electrons. The van der Waals surface area contributed by atoms with Crippen LogP contribution in [-0.4, -0.2) is 40.8 Å². The molecule has 0 aliphatic carbocycles. The van der Waals surface area contributed by atoms with Crippen molar-refractivity contribution in [1.82, 2.24) is 9.88 Å². The smallest absolute Gasteiger partial charge is 0.313 e. The van der Waals surface area contributed by atoms with Crippen LogP contribution in [0.4, 0.5) is 0 Å². The molecule has 1 amide bonds. The molecule has 0 radical (unpaired) electrons. The van der Waals surface area contributed by atoms with Crippen molar-refractivity contribution in [3.63, 3.8) is 0 Å². The minimum atomic E-state index is -1.07. The Balaban J connectivity index is 2.13.